The second kappa shape index (κ2) is 6.99. The molecule has 3 unspecified atom stereocenters. The number of amides is 3. The van der Waals surface area contributed by atoms with Crippen LogP contribution in [0.2, 0.25) is 5.02 Å². The summed E-state index contributed by atoms with van der Waals surface area (Å²) in [7, 11) is 0. The van der Waals surface area contributed by atoms with E-state index in [0.717, 1.165) is 10.5 Å². The molecule has 0 spiro atoms. The highest BCUT2D eigenvalue weighted by Crippen LogP contribution is 2.58. The molecule has 2 saturated heterocycles. The number of carbonyl (C=O) groups is 3. The van der Waals surface area contributed by atoms with Gasteiger partial charge in [0.2, 0.25) is 0 Å². The summed E-state index contributed by atoms with van der Waals surface area (Å²) in [4.78, 5) is 43.2. The number of ether oxygens (including phenoxy) is 2. The van der Waals surface area contributed by atoms with E-state index >= 15 is 0 Å². The van der Waals surface area contributed by atoms with Crippen molar-refractivity contribution in [2.24, 2.45) is 11.8 Å². The third-order valence-corrected chi connectivity index (χ3v) is 6.80. The lowest BCUT2D eigenvalue weighted by Gasteiger charge is -2.34. The summed E-state index contributed by atoms with van der Waals surface area (Å²) < 4.78 is 11.3. The molecule has 3 aliphatic rings. The molecular weight excluding hydrogens is 420 g/mol. The molecule has 0 radical (unpaired) electrons. The minimum Gasteiger partial charge on any atom is -0.493 e. The lowest BCUT2D eigenvalue weighted by atomic mass is 9.77. The average Bonchev–Trinajstić information content (AvgIpc) is 3.14. The van der Waals surface area contributed by atoms with Crippen molar-refractivity contribution in [2.45, 2.75) is 25.4 Å². The Bertz CT molecular complexity index is 1090. The number of fused-ring (bicyclic) bond motifs is 5. The van der Waals surface area contributed by atoms with Gasteiger partial charge in [-0.3, -0.25) is 9.59 Å². The van der Waals surface area contributed by atoms with Crippen LogP contribution in [0.15, 0.2) is 48.5 Å². The molecule has 0 aliphatic carbocycles. The molecular formula is C23H21ClN2O5. The molecule has 3 heterocycles. The topological polar surface area (TPSA) is 76.2 Å². The summed E-state index contributed by atoms with van der Waals surface area (Å²) >= 11 is 5.99. The van der Waals surface area contributed by atoms with Gasteiger partial charge >= 0.3 is 12.0 Å². The highest BCUT2D eigenvalue weighted by atomic mass is 35.5. The molecule has 7 nitrogen and oxygen atoms in total. The summed E-state index contributed by atoms with van der Waals surface area (Å²) in [6, 6.07) is 13.0. The molecule has 160 valence electrons. The van der Waals surface area contributed by atoms with Gasteiger partial charge in [0.25, 0.3) is 5.91 Å². The normalized spacial score (nSPS) is 28.7. The molecule has 2 fully saturated rings. The van der Waals surface area contributed by atoms with Crippen molar-refractivity contribution >= 4 is 35.2 Å². The van der Waals surface area contributed by atoms with Gasteiger partial charge in [-0.1, -0.05) is 29.8 Å². The number of hydrogen-bond donors (Lipinski definition) is 0. The van der Waals surface area contributed by atoms with Gasteiger partial charge in [-0.05, 0) is 44.2 Å². The van der Waals surface area contributed by atoms with Crippen LogP contribution >= 0.6 is 11.6 Å². The lowest BCUT2D eigenvalue weighted by Crippen LogP contribution is -2.51. The number of esters is 1. The second-order valence-electron chi connectivity index (χ2n) is 8.10. The number of nitrogens with zero attached hydrogens (tertiary/aromatic N) is 2. The zero-order valence-electron chi connectivity index (χ0n) is 17.1. The van der Waals surface area contributed by atoms with E-state index in [9.17, 15) is 14.4 Å². The molecule has 3 amide bonds. The van der Waals surface area contributed by atoms with Crippen molar-refractivity contribution in [3.63, 3.8) is 0 Å². The third kappa shape index (κ3) is 2.62. The fourth-order valence-corrected chi connectivity index (χ4v) is 5.38. The maximum Gasteiger partial charge on any atom is 0.332 e. The van der Waals surface area contributed by atoms with Crippen LogP contribution in [0.4, 0.5) is 10.5 Å². The molecule has 5 rings (SSSR count). The van der Waals surface area contributed by atoms with Crippen molar-refractivity contribution in [1.82, 2.24) is 4.90 Å². The molecule has 4 atom stereocenters. The van der Waals surface area contributed by atoms with Crippen LogP contribution in [0.1, 0.15) is 25.5 Å². The third-order valence-electron chi connectivity index (χ3n) is 6.55. The highest BCUT2D eigenvalue weighted by Gasteiger charge is 2.72. The van der Waals surface area contributed by atoms with Crippen LogP contribution in [0.5, 0.6) is 5.75 Å². The SMILES string of the molecule is CCOC(=O)C1C2COc3ccccc3C2N2C(=O)N(c3ccc(Cl)cc3)C(=O)[C@]12C. The minimum atomic E-state index is -1.39. The first kappa shape index (κ1) is 19.9. The zero-order chi connectivity index (χ0) is 21.9. The number of halogens is 1. The van der Waals surface area contributed by atoms with E-state index in [1.54, 1.807) is 43.0 Å². The van der Waals surface area contributed by atoms with Crippen molar-refractivity contribution in [2.75, 3.05) is 18.1 Å². The largest absolute Gasteiger partial charge is 0.493 e. The van der Waals surface area contributed by atoms with Crippen molar-refractivity contribution in [3.05, 3.63) is 59.1 Å². The molecule has 0 bridgehead atoms. The van der Waals surface area contributed by atoms with Crippen molar-refractivity contribution in [3.8, 4) is 5.75 Å². The second-order valence-corrected chi connectivity index (χ2v) is 8.54. The minimum absolute atomic E-state index is 0.184. The van der Waals surface area contributed by atoms with Crippen molar-refractivity contribution in [1.29, 1.82) is 0 Å². The number of anilines is 1. The molecule has 2 aromatic carbocycles. The van der Waals surface area contributed by atoms with E-state index in [1.807, 2.05) is 24.3 Å². The Kier molecular flexibility index (Phi) is 4.48. The fourth-order valence-electron chi connectivity index (χ4n) is 5.26. The first-order valence-electron chi connectivity index (χ1n) is 10.2. The lowest BCUT2D eigenvalue weighted by molar-refractivity contribution is -0.154. The summed E-state index contributed by atoms with van der Waals surface area (Å²) in [6.45, 7) is 3.78. The fraction of sp³-hybridized carbons (Fsp3) is 0.348. The van der Waals surface area contributed by atoms with Crippen LogP contribution < -0.4 is 9.64 Å². The summed E-state index contributed by atoms with van der Waals surface area (Å²) in [5, 5.41) is 0.498. The Morgan fingerprint density at radius 2 is 1.90 bits per heavy atom. The summed E-state index contributed by atoms with van der Waals surface area (Å²) in [6.07, 6.45) is 0. The Balaban J connectivity index is 1.67. The number of hydrogen-bond acceptors (Lipinski definition) is 5. The van der Waals surface area contributed by atoms with Gasteiger partial charge in [-0.25, -0.2) is 9.69 Å². The molecule has 2 aromatic rings. The molecule has 3 aliphatic heterocycles. The Labute approximate surface area is 184 Å². The van der Waals surface area contributed by atoms with E-state index in [0.29, 0.717) is 16.5 Å². The van der Waals surface area contributed by atoms with Gasteiger partial charge in [0.15, 0.2) is 0 Å². The van der Waals surface area contributed by atoms with Crippen LogP contribution in [-0.2, 0) is 14.3 Å². The van der Waals surface area contributed by atoms with E-state index in [1.165, 1.54) is 0 Å². The van der Waals surface area contributed by atoms with Gasteiger partial charge in [0.1, 0.15) is 11.3 Å². The van der Waals surface area contributed by atoms with Gasteiger partial charge in [0.05, 0.1) is 30.9 Å². The summed E-state index contributed by atoms with van der Waals surface area (Å²) in [5.41, 5.74) is -0.190. The smallest absolute Gasteiger partial charge is 0.332 e. The van der Waals surface area contributed by atoms with Gasteiger partial charge in [-0.15, -0.1) is 0 Å². The predicted molar refractivity (Wildman–Crippen MR) is 113 cm³/mol. The number of para-hydroxylation sites is 1. The number of carbonyl (C=O) groups excluding carboxylic acids is 3. The molecule has 0 saturated carbocycles. The standard InChI is InChI=1S/C23H21ClN2O5/c1-3-30-20(27)18-16-12-31-17-7-5-4-6-15(17)19(16)26-22(29)25(21(28)23(18,26)2)14-10-8-13(24)9-11-14/h4-11,16,18-19H,3,12H2,1-2H3/t16?,18?,19?,23-/m0/s1. The van der Waals surface area contributed by atoms with Gasteiger partial charge in [0, 0.05) is 16.5 Å². The maximum atomic E-state index is 13.8. The van der Waals surface area contributed by atoms with Gasteiger partial charge in [-0.2, -0.15) is 0 Å². The van der Waals surface area contributed by atoms with E-state index in [4.69, 9.17) is 21.1 Å². The Morgan fingerprint density at radius 3 is 2.61 bits per heavy atom. The molecule has 0 N–H and O–H groups in total. The first-order chi connectivity index (χ1) is 14.9. The number of benzene rings is 2. The summed E-state index contributed by atoms with van der Waals surface area (Å²) in [5.74, 6) is -1.53. The van der Waals surface area contributed by atoms with E-state index < -0.39 is 35.4 Å². The van der Waals surface area contributed by atoms with Crippen molar-refractivity contribution < 1.29 is 23.9 Å². The number of urea groups is 1. The Morgan fingerprint density at radius 1 is 1.19 bits per heavy atom. The van der Waals surface area contributed by atoms with E-state index in [-0.39, 0.29) is 19.1 Å². The van der Waals surface area contributed by atoms with Crippen LogP contribution in [0.25, 0.3) is 0 Å². The quantitative estimate of drug-likeness (QED) is 0.536. The Hall–Kier alpha value is -3.06. The van der Waals surface area contributed by atoms with Crippen LogP contribution in [0.3, 0.4) is 0 Å². The molecule has 8 heteroatoms. The highest BCUT2D eigenvalue weighted by molar-refractivity contribution is 6.31. The number of rotatable bonds is 3. The maximum absolute atomic E-state index is 13.8. The number of imide groups is 1. The molecule has 31 heavy (non-hydrogen) atoms. The molecule has 0 aromatic heterocycles. The zero-order valence-corrected chi connectivity index (χ0v) is 17.8. The van der Waals surface area contributed by atoms with E-state index in [2.05, 4.69) is 0 Å². The predicted octanol–water partition coefficient (Wildman–Crippen LogP) is 3.81. The van der Waals surface area contributed by atoms with Gasteiger partial charge < -0.3 is 14.4 Å². The van der Waals surface area contributed by atoms with Crippen LogP contribution in [0, 0.1) is 11.8 Å². The average molecular weight is 441 g/mol. The van der Waals surface area contributed by atoms with Crippen LogP contribution in [-0.4, -0.2) is 41.6 Å². The monoisotopic (exact) mass is 440 g/mol. The first-order valence-corrected chi connectivity index (χ1v) is 10.6.